The summed E-state index contributed by atoms with van der Waals surface area (Å²) in [6, 6.07) is 5.96. The molecule has 18 heavy (non-hydrogen) atoms. The molecular weight excluding hydrogens is 234 g/mol. The SMILES string of the molecule is CC(N)CCCC(=O)Nc1cccc([N+](=O)[O-])c1. The third kappa shape index (κ3) is 4.92. The zero-order valence-corrected chi connectivity index (χ0v) is 10.3. The first-order valence-corrected chi connectivity index (χ1v) is 5.79. The van der Waals surface area contributed by atoms with Crippen LogP contribution in [0.15, 0.2) is 24.3 Å². The number of nitro groups is 1. The first-order valence-electron chi connectivity index (χ1n) is 5.79. The van der Waals surface area contributed by atoms with Gasteiger partial charge in [0.1, 0.15) is 0 Å². The van der Waals surface area contributed by atoms with Gasteiger partial charge in [0.25, 0.3) is 5.69 Å². The van der Waals surface area contributed by atoms with Gasteiger partial charge in [0, 0.05) is 30.3 Å². The highest BCUT2D eigenvalue weighted by atomic mass is 16.6. The molecule has 1 amide bonds. The van der Waals surface area contributed by atoms with E-state index in [9.17, 15) is 14.9 Å². The molecule has 6 nitrogen and oxygen atoms in total. The van der Waals surface area contributed by atoms with E-state index in [1.165, 1.54) is 18.2 Å². The maximum absolute atomic E-state index is 11.6. The largest absolute Gasteiger partial charge is 0.328 e. The van der Waals surface area contributed by atoms with Crippen LogP contribution in [0.1, 0.15) is 26.2 Å². The average Bonchev–Trinajstić information content (AvgIpc) is 2.28. The quantitative estimate of drug-likeness (QED) is 0.597. The van der Waals surface area contributed by atoms with Crippen molar-refractivity contribution < 1.29 is 9.72 Å². The highest BCUT2D eigenvalue weighted by molar-refractivity contribution is 5.90. The van der Waals surface area contributed by atoms with E-state index < -0.39 is 4.92 Å². The molecule has 0 saturated heterocycles. The zero-order chi connectivity index (χ0) is 13.5. The van der Waals surface area contributed by atoms with Crippen LogP contribution in [0.5, 0.6) is 0 Å². The molecule has 0 bridgehead atoms. The van der Waals surface area contributed by atoms with Crippen molar-refractivity contribution in [3.8, 4) is 0 Å². The topological polar surface area (TPSA) is 98.3 Å². The molecule has 0 spiro atoms. The summed E-state index contributed by atoms with van der Waals surface area (Å²) < 4.78 is 0. The molecule has 0 fully saturated rings. The Kier molecular flexibility index (Phi) is 5.26. The maximum Gasteiger partial charge on any atom is 0.271 e. The van der Waals surface area contributed by atoms with E-state index in [4.69, 9.17) is 5.73 Å². The molecule has 1 atom stereocenters. The summed E-state index contributed by atoms with van der Waals surface area (Å²) in [7, 11) is 0. The molecular formula is C12H17N3O3. The summed E-state index contributed by atoms with van der Waals surface area (Å²) in [5.41, 5.74) is 5.98. The van der Waals surface area contributed by atoms with Gasteiger partial charge in [-0.3, -0.25) is 14.9 Å². The number of amides is 1. The summed E-state index contributed by atoms with van der Waals surface area (Å²) in [4.78, 5) is 21.6. The highest BCUT2D eigenvalue weighted by Gasteiger charge is 2.08. The van der Waals surface area contributed by atoms with Crippen LogP contribution in [0.4, 0.5) is 11.4 Å². The third-order valence-corrected chi connectivity index (χ3v) is 2.40. The Morgan fingerprint density at radius 1 is 1.56 bits per heavy atom. The number of rotatable bonds is 6. The second-order valence-corrected chi connectivity index (χ2v) is 4.23. The summed E-state index contributed by atoms with van der Waals surface area (Å²) in [6.07, 6.45) is 1.85. The van der Waals surface area contributed by atoms with E-state index in [0.29, 0.717) is 18.5 Å². The van der Waals surface area contributed by atoms with Crippen LogP contribution in [0.25, 0.3) is 0 Å². The van der Waals surface area contributed by atoms with Crippen molar-refractivity contribution in [3.63, 3.8) is 0 Å². The second kappa shape index (κ2) is 6.70. The number of nitro benzene ring substituents is 1. The average molecular weight is 251 g/mol. The lowest BCUT2D eigenvalue weighted by Gasteiger charge is -2.06. The second-order valence-electron chi connectivity index (χ2n) is 4.23. The molecule has 3 N–H and O–H groups in total. The van der Waals surface area contributed by atoms with Crippen LogP contribution < -0.4 is 11.1 Å². The van der Waals surface area contributed by atoms with Crippen LogP contribution in [-0.4, -0.2) is 16.9 Å². The number of anilines is 1. The van der Waals surface area contributed by atoms with Crippen molar-refractivity contribution in [2.75, 3.05) is 5.32 Å². The van der Waals surface area contributed by atoms with E-state index in [2.05, 4.69) is 5.32 Å². The molecule has 0 heterocycles. The van der Waals surface area contributed by atoms with Gasteiger partial charge in [0.2, 0.25) is 5.91 Å². The summed E-state index contributed by atoms with van der Waals surface area (Å²) in [5.74, 6) is -0.156. The molecule has 1 aromatic rings. The Bertz CT molecular complexity index is 432. The Hall–Kier alpha value is -1.95. The Labute approximate surface area is 105 Å². The fourth-order valence-corrected chi connectivity index (χ4v) is 1.51. The third-order valence-electron chi connectivity index (χ3n) is 2.40. The minimum absolute atomic E-state index is 0.0385. The maximum atomic E-state index is 11.6. The van der Waals surface area contributed by atoms with Crippen LogP contribution >= 0.6 is 0 Å². The van der Waals surface area contributed by atoms with Crippen molar-refractivity contribution in [2.45, 2.75) is 32.2 Å². The monoisotopic (exact) mass is 251 g/mol. The van der Waals surface area contributed by atoms with Crippen LogP contribution in [0.3, 0.4) is 0 Å². The number of carbonyl (C=O) groups is 1. The van der Waals surface area contributed by atoms with Gasteiger partial charge in [0.15, 0.2) is 0 Å². The van der Waals surface area contributed by atoms with E-state index in [1.54, 1.807) is 6.07 Å². The van der Waals surface area contributed by atoms with Crippen molar-refractivity contribution in [1.82, 2.24) is 0 Å². The Balaban J connectivity index is 2.49. The lowest BCUT2D eigenvalue weighted by atomic mass is 10.1. The Morgan fingerprint density at radius 3 is 2.89 bits per heavy atom. The van der Waals surface area contributed by atoms with E-state index >= 15 is 0 Å². The molecule has 0 aliphatic heterocycles. The van der Waals surface area contributed by atoms with Gasteiger partial charge < -0.3 is 11.1 Å². The minimum Gasteiger partial charge on any atom is -0.328 e. The van der Waals surface area contributed by atoms with Gasteiger partial charge in [0.05, 0.1) is 4.92 Å². The summed E-state index contributed by atoms with van der Waals surface area (Å²) in [5, 5.41) is 13.2. The van der Waals surface area contributed by atoms with Crippen LogP contribution in [0.2, 0.25) is 0 Å². The highest BCUT2D eigenvalue weighted by Crippen LogP contribution is 2.17. The number of carbonyl (C=O) groups excluding carboxylic acids is 1. The molecule has 1 unspecified atom stereocenters. The number of hydrogen-bond acceptors (Lipinski definition) is 4. The Morgan fingerprint density at radius 2 is 2.28 bits per heavy atom. The van der Waals surface area contributed by atoms with Crippen LogP contribution in [-0.2, 0) is 4.79 Å². The molecule has 6 heteroatoms. The molecule has 1 rings (SSSR count). The molecule has 0 saturated carbocycles. The molecule has 1 aromatic carbocycles. The lowest BCUT2D eigenvalue weighted by Crippen LogP contribution is -2.16. The standard InChI is InChI=1S/C12H17N3O3/c1-9(13)4-2-7-12(16)14-10-5-3-6-11(8-10)15(17)18/h3,5-6,8-9H,2,4,7,13H2,1H3,(H,14,16). The van der Waals surface area contributed by atoms with E-state index in [1.807, 2.05) is 6.92 Å². The van der Waals surface area contributed by atoms with Gasteiger partial charge in [-0.05, 0) is 25.8 Å². The molecule has 0 aliphatic rings. The predicted molar refractivity (Wildman–Crippen MR) is 69.2 cm³/mol. The van der Waals surface area contributed by atoms with Gasteiger partial charge >= 0.3 is 0 Å². The molecule has 98 valence electrons. The number of nitrogens with one attached hydrogen (secondary N) is 1. The van der Waals surface area contributed by atoms with Crippen LogP contribution in [0, 0.1) is 10.1 Å². The lowest BCUT2D eigenvalue weighted by molar-refractivity contribution is -0.384. The fourth-order valence-electron chi connectivity index (χ4n) is 1.51. The van der Waals surface area contributed by atoms with Crippen molar-refractivity contribution in [3.05, 3.63) is 34.4 Å². The predicted octanol–water partition coefficient (Wildman–Crippen LogP) is 2.05. The smallest absolute Gasteiger partial charge is 0.271 e. The van der Waals surface area contributed by atoms with Crippen molar-refractivity contribution in [2.24, 2.45) is 5.73 Å². The van der Waals surface area contributed by atoms with Gasteiger partial charge in [-0.2, -0.15) is 0 Å². The number of hydrogen-bond donors (Lipinski definition) is 2. The summed E-state index contributed by atoms with van der Waals surface area (Å²) in [6.45, 7) is 1.89. The van der Waals surface area contributed by atoms with Gasteiger partial charge in [-0.1, -0.05) is 6.07 Å². The number of non-ortho nitro benzene ring substituents is 1. The van der Waals surface area contributed by atoms with Gasteiger partial charge in [-0.25, -0.2) is 0 Å². The number of benzene rings is 1. The van der Waals surface area contributed by atoms with Gasteiger partial charge in [-0.15, -0.1) is 0 Å². The number of nitrogens with two attached hydrogens (primary N) is 1. The molecule has 0 aromatic heterocycles. The molecule has 0 radical (unpaired) electrons. The minimum atomic E-state index is -0.494. The first-order chi connectivity index (χ1) is 8.49. The fraction of sp³-hybridized carbons (Fsp3) is 0.417. The van der Waals surface area contributed by atoms with E-state index in [-0.39, 0.29) is 17.6 Å². The van der Waals surface area contributed by atoms with E-state index in [0.717, 1.165) is 6.42 Å². The zero-order valence-electron chi connectivity index (χ0n) is 10.3. The van der Waals surface area contributed by atoms with Crippen molar-refractivity contribution >= 4 is 17.3 Å². The van der Waals surface area contributed by atoms with Crippen molar-refractivity contribution in [1.29, 1.82) is 0 Å². The first kappa shape index (κ1) is 14.1. The normalized spacial score (nSPS) is 11.9. The molecule has 0 aliphatic carbocycles. The summed E-state index contributed by atoms with van der Waals surface area (Å²) >= 11 is 0. The number of nitrogens with zero attached hydrogens (tertiary/aromatic N) is 1.